The molecule has 22 heavy (non-hydrogen) atoms. The fourth-order valence-electron chi connectivity index (χ4n) is 2.55. The second kappa shape index (κ2) is 15.1. The zero-order valence-corrected chi connectivity index (χ0v) is 15.2. The summed E-state index contributed by atoms with van der Waals surface area (Å²) in [6.45, 7) is 8.90. The van der Waals surface area contributed by atoms with Crippen LogP contribution in [0, 0.1) is 0 Å². The van der Waals surface area contributed by atoms with Crippen LogP contribution in [0.25, 0.3) is 0 Å². The highest BCUT2D eigenvalue weighted by Crippen LogP contribution is 2.10. The van der Waals surface area contributed by atoms with Crippen molar-refractivity contribution in [2.75, 3.05) is 19.6 Å². The molecule has 0 aliphatic carbocycles. The Bertz CT molecular complexity index is 288. The monoisotopic (exact) mass is 310 g/mol. The number of nitrogens with two attached hydrogens (primary N) is 1. The van der Waals surface area contributed by atoms with Crippen molar-refractivity contribution < 1.29 is 4.79 Å². The molecule has 3 heteroatoms. The van der Waals surface area contributed by atoms with Gasteiger partial charge in [-0.2, -0.15) is 0 Å². The van der Waals surface area contributed by atoms with Gasteiger partial charge in [0.15, 0.2) is 0 Å². The second-order valence-electron chi connectivity index (χ2n) is 6.23. The van der Waals surface area contributed by atoms with Gasteiger partial charge in [0.25, 0.3) is 0 Å². The summed E-state index contributed by atoms with van der Waals surface area (Å²) in [6.07, 6.45) is 13.6. The molecule has 0 saturated heterocycles. The van der Waals surface area contributed by atoms with E-state index in [0.717, 1.165) is 44.3 Å². The Morgan fingerprint density at radius 3 is 1.91 bits per heavy atom. The van der Waals surface area contributed by atoms with Crippen LogP contribution >= 0.6 is 0 Å². The minimum absolute atomic E-state index is 0.227. The third-order valence-electron chi connectivity index (χ3n) is 4.05. The van der Waals surface area contributed by atoms with E-state index in [4.69, 9.17) is 5.73 Å². The molecule has 0 radical (unpaired) electrons. The van der Waals surface area contributed by atoms with Gasteiger partial charge in [-0.1, -0.05) is 58.4 Å². The highest BCUT2D eigenvalue weighted by atomic mass is 16.2. The first-order valence-corrected chi connectivity index (χ1v) is 9.33. The molecule has 130 valence electrons. The van der Waals surface area contributed by atoms with Crippen LogP contribution in [0.2, 0.25) is 0 Å². The van der Waals surface area contributed by atoms with Gasteiger partial charge in [-0.3, -0.25) is 4.79 Å². The first kappa shape index (κ1) is 21.2. The maximum atomic E-state index is 12.6. The number of hydrogen-bond donors (Lipinski definition) is 1. The molecule has 0 atom stereocenters. The molecule has 0 rings (SSSR count). The summed E-state index contributed by atoms with van der Waals surface area (Å²) in [4.78, 5) is 14.7. The van der Waals surface area contributed by atoms with Gasteiger partial charge in [0.1, 0.15) is 0 Å². The van der Waals surface area contributed by atoms with Crippen LogP contribution in [0.1, 0.15) is 85.0 Å². The lowest BCUT2D eigenvalue weighted by atomic mass is 10.1. The maximum absolute atomic E-state index is 12.6. The highest BCUT2D eigenvalue weighted by molar-refractivity contribution is 5.92. The molecule has 0 spiro atoms. The van der Waals surface area contributed by atoms with Gasteiger partial charge in [-0.05, 0) is 39.2 Å². The van der Waals surface area contributed by atoms with Crippen molar-refractivity contribution in [3.8, 4) is 0 Å². The van der Waals surface area contributed by atoms with E-state index in [1.807, 2.05) is 6.92 Å². The summed E-state index contributed by atoms with van der Waals surface area (Å²) in [7, 11) is 0. The van der Waals surface area contributed by atoms with Gasteiger partial charge in [-0.15, -0.1) is 0 Å². The minimum Gasteiger partial charge on any atom is -0.339 e. The molecule has 0 aliphatic heterocycles. The van der Waals surface area contributed by atoms with Crippen LogP contribution in [-0.4, -0.2) is 30.4 Å². The first-order valence-electron chi connectivity index (χ1n) is 9.33. The predicted octanol–water partition coefficient (Wildman–Crippen LogP) is 4.66. The van der Waals surface area contributed by atoms with E-state index in [9.17, 15) is 4.79 Å². The second-order valence-corrected chi connectivity index (χ2v) is 6.23. The van der Waals surface area contributed by atoms with Crippen molar-refractivity contribution in [2.45, 2.75) is 85.0 Å². The Kier molecular flexibility index (Phi) is 14.5. The molecule has 0 aliphatic rings. The molecule has 0 aromatic heterocycles. The number of rotatable bonds is 14. The molecule has 0 aromatic carbocycles. The fourth-order valence-corrected chi connectivity index (χ4v) is 2.55. The lowest BCUT2D eigenvalue weighted by Gasteiger charge is -2.23. The molecule has 0 saturated carbocycles. The zero-order chi connectivity index (χ0) is 16.6. The van der Waals surface area contributed by atoms with E-state index in [2.05, 4.69) is 24.8 Å². The molecule has 1 amide bonds. The van der Waals surface area contributed by atoms with Crippen molar-refractivity contribution in [2.24, 2.45) is 5.73 Å². The molecule has 0 unspecified atom stereocenters. The summed E-state index contributed by atoms with van der Waals surface area (Å²) >= 11 is 0. The largest absolute Gasteiger partial charge is 0.339 e. The van der Waals surface area contributed by atoms with Crippen molar-refractivity contribution in [3.63, 3.8) is 0 Å². The van der Waals surface area contributed by atoms with Gasteiger partial charge in [0.2, 0.25) is 5.91 Å². The summed E-state index contributed by atoms with van der Waals surface area (Å²) in [5, 5.41) is 0. The molecule has 0 heterocycles. The quantitative estimate of drug-likeness (QED) is 0.374. The van der Waals surface area contributed by atoms with E-state index >= 15 is 0 Å². The fraction of sp³-hybridized carbons (Fsp3) is 0.842. The van der Waals surface area contributed by atoms with E-state index < -0.39 is 0 Å². The maximum Gasteiger partial charge on any atom is 0.249 e. The summed E-state index contributed by atoms with van der Waals surface area (Å²) < 4.78 is 0. The van der Waals surface area contributed by atoms with Crippen LogP contribution < -0.4 is 5.73 Å². The van der Waals surface area contributed by atoms with E-state index in [1.54, 1.807) is 0 Å². The third kappa shape index (κ3) is 10.8. The van der Waals surface area contributed by atoms with Crippen molar-refractivity contribution in [3.05, 3.63) is 11.6 Å². The van der Waals surface area contributed by atoms with Crippen molar-refractivity contribution in [1.29, 1.82) is 0 Å². The number of nitrogens with zero attached hydrogens (tertiary/aromatic N) is 1. The highest BCUT2D eigenvalue weighted by Gasteiger charge is 2.14. The molecule has 0 bridgehead atoms. The van der Waals surface area contributed by atoms with Crippen LogP contribution in [0.3, 0.4) is 0 Å². The molecular weight excluding hydrogens is 272 g/mol. The Morgan fingerprint density at radius 1 is 0.909 bits per heavy atom. The number of unbranched alkanes of at least 4 members (excludes halogenated alkanes) is 7. The summed E-state index contributed by atoms with van der Waals surface area (Å²) in [5.41, 5.74) is 6.40. The smallest absolute Gasteiger partial charge is 0.249 e. The summed E-state index contributed by atoms with van der Waals surface area (Å²) in [5.74, 6) is 0.227. The van der Waals surface area contributed by atoms with Gasteiger partial charge in [0, 0.05) is 18.7 Å². The minimum atomic E-state index is 0.227. The number of amides is 1. The molecule has 3 nitrogen and oxygen atoms in total. The number of carbonyl (C=O) groups is 1. The molecule has 0 aromatic rings. The number of hydrogen-bond acceptors (Lipinski definition) is 2. The Labute approximate surface area is 138 Å². The van der Waals surface area contributed by atoms with Gasteiger partial charge in [0.05, 0.1) is 0 Å². The van der Waals surface area contributed by atoms with Crippen LogP contribution in [0.5, 0.6) is 0 Å². The van der Waals surface area contributed by atoms with E-state index in [1.165, 1.54) is 38.5 Å². The molecule has 2 N–H and O–H groups in total. The van der Waals surface area contributed by atoms with Crippen molar-refractivity contribution in [1.82, 2.24) is 4.90 Å². The predicted molar refractivity (Wildman–Crippen MR) is 96.9 cm³/mol. The number of carbonyl (C=O) groups excluding carboxylic acids is 1. The topological polar surface area (TPSA) is 46.3 Å². The lowest BCUT2D eigenvalue weighted by Crippen LogP contribution is -2.33. The van der Waals surface area contributed by atoms with Gasteiger partial charge >= 0.3 is 0 Å². The Hall–Kier alpha value is -0.830. The van der Waals surface area contributed by atoms with Crippen LogP contribution in [-0.2, 0) is 4.79 Å². The van der Waals surface area contributed by atoms with E-state index in [-0.39, 0.29) is 5.91 Å². The first-order chi connectivity index (χ1) is 10.7. The van der Waals surface area contributed by atoms with Crippen LogP contribution in [0.4, 0.5) is 0 Å². The van der Waals surface area contributed by atoms with Crippen molar-refractivity contribution >= 4 is 5.91 Å². The average Bonchev–Trinajstić information content (AvgIpc) is 2.53. The van der Waals surface area contributed by atoms with Gasteiger partial charge in [-0.25, -0.2) is 0 Å². The Balaban J connectivity index is 4.38. The normalized spacial score (nSPS) is 11.7. The SMILES string of the molecule is CCCCCCN(CCCCCC)C(=O)C(C)=CCCCN. The molecule has 0 fully saturated rings. The number of allylic oxidation sites excluding steroid dienone is 1. The average molecular weight is 311 g/mol. The Morgan fingerprint density at radius 2 is 1.45 bits per heavy atom. The third-order valence-corrected chi connectivity index (χ3v) is 4.05. The van der Waals surface area contributed by atoms with Crippen LogP contribution in [0.15, 0.2) is 11.6 Å². The zero-order valence-electron chi connectivity index (χ0n) is 15.2. The van der Waals surface area contributed by atoms with Gasteiger partial charge < -0.3 is 10.6 Å². The summed E-state index contributed by atoms with van der Waals surface area (Å²) in [6, 6.07) is 0. The standard InChI is InChI=1S/C19H38N2O/c1-4-6-8-12-16-21(17-13-9-7-5-2)19(22)18(3)14-10-11-15-20/h14H,4-13,15-17,20H2,1-3H3. The molecular formula is C19H38N2O. The lowest BCUT2D eigenvalue weighted by molar-refractivity contribution is -0.127. The van der Waals surface area contributed by atoms with E-state index in [0.29, 0.717) is 6.54 Å².